The third-order valence-corrected chi connectivity index (χ3v) is 1.70. The van der Waals surface area contributed by atoms with E-state index in [2.05, 4.69) is 25.6 Å². The maximum Gasteiger partial charge on any atom is 0.272 e. The molecule has 0 bridgehead atoms. The van der Waals surface area contributed by atoms with E-state index >= 15 is 0 Å². The van der Waals surface area contributed by atoms with Crippen LogP contribution in [-0.2, 0) is 0 Å². The van der Waals surface area contributed by atoms with Crippen molar-refractivity contribution in [3.63, 3.8) is 0 Å². The van der Waals surface area contributed by atoms with Gasteiger partial charge in [0.25, 0.3) is 6.43 Å². The number of hydrogen-bond donors (Lipinski definition) is 1. The first-order chi connectivity index (χ1) is 7.75. The summed E-state index contributed by atoms with van der Waals surface area (Å²) in [5.41, 5.74) is 0.623. The number of aromatic nitrogens is 5. The van der Waals surface area contributed by atoms with Crippen molar-refractivity contribution in [1.82, 2.24) is 25.6 Å². The maximum absolute atomic E-state index is 11.8. The first kappa shape index (κ1) is 10.4. The summed E-state index contributed by atoms with van der Waals surface area (Å²) in [6.45, 7) is -0.672. The van der Waals surface area contributed by atoms with E-state index in [-0.39, 0.29) is 5.88 Å². The average molecular weight is 227 g/mol. The van der Waals surface area contributed by atoms with Crippen molar-refractivity contribution in [1.29, 1.82) is 0 Å². The second-order valence-corrected chi connectivity index (χ2v) is 2.82. The van der Waals surface area contributed by atoms with Gasteiger partial charge in [0.2, 0.25) is 11.7 Å². The lowest BCUT2D eigenvalue weighted by molar-refractivity contribution is 0.0796. The Morgan fingerprint density at radius 2 is 2.25 bits per heavy atom. The minimum Gasteiger partial charge on any atom is -0.472 e. The number of alkyl halides is 2. The van der Waals surface area contributed by atoms with E-state index in [4.69, 9.17) is 4.74 Å². The Bertz CT molecular complexity index is 430. The molecule has 0 amide bonds. The van der Waals surface area contributed by atoms with Crippen LogP contribution in [0.3, 0.4) is 0 Å². The van der Waals surface area contributed by atoms with E-state index in [0.29, 0.717) is 11.4 Å². The third-order valence-electron chi connectivity index (χ3n) is 1.70. The molecule has 16 heavy (non-hydrogen) atoms. The first-order valence-electron chi connectivity index (χ1n) is 4.36. The van der Waals surface area contributed by atoms with Gasteiger partial charge in [-0.1, -0.05) is 0 Å². The number of aromatic amines is 1. The van der Waals surface area contributed by atoms with Crippen LogP contribution in [0.1, 0.15) is 0 Å². The van der Waals surface area contributed by atoms with Gasteiger partial charge in [-0.3, -0.25) is 0 Å². The van der Waals surface area contributed by atoms with Gasteiger partial charge in [0.1, 0.15) is 0 Å². The Kier molecular flexibility index (Phi) is 2.99. The number of rotatable bonds is 4. The normalized spacial score (nSPS) is 10.7. The zero-order valence-electron chi connectivity index (χ0n) is 7.97. The summed E-state index contributed by atoms with van der Waals surface area (Å²) in [5.74, 6) is 0.514. The summed E-state index contributed by atoms with van der Waals surface area (Å²) >= 11 is 0. The Hall–Kier alpha value is -2.12. The zero-order valence-corrected chi connectivity index (χ0v) is 7.97. The molecule has 6 nitrogen and oxygen atoms in total. The van der Waals surface area contributed by atoms with Gasteiger partial charge >= 0.3 is 0 Å². The van der Waals surface area contributed by atoms with Crippen molar-refractivity contribution >= 4 is 0 Å². The highest BCUT2D eigenvalue weighted by Gasteiger charge is 2.06. The van der Waals surface area contributed by atoms with E-state index in [1.54, 1.807) is 6.07 Å². The van der Waals surface area contributed by atoms with Gasteiger partial charge in [0.15, 0.2) is 6.61 Å². The first-order valence-corrected chi connectivity index (χ1v) is 4.36. The number of pyridine rings is 1. The third kappa shape index (κ3) is 2.47. The second-order valence-electron chi connectivity index (χ2n) is 2.82. The van der Waals surface area contributed by atoms with Crippen molar-refractivity contribution in [3.05, 3.63) is 18.3 Å². The maximum atomic E-state index is 11.8. The molecule has 8 heteroatoms. The Balaban J connectivity index is 2.05. The van der Waals surface area contributed by atoms with Crippen LogP contribution in [0.5, 0.6) is 5.88 Å². The topological polar surface area (TPSA) is 76.6 Å². The highest BCUT2D eigenvalue weighted by molar-refractivity contribution is 5.52. The van der Waals surface area contributed by atoms with E-state index in [9.17, 15) is 8.78 Å². The van der Waals surface area contributed by atoms with E-state index < -0.39 is 13.0 Å². The van der Waals surface area contributed by atoms with Crippen LogP contribution in [0.2, 0.25) is 0 Å². The predicted octanol–water partition coefficient (Wildman–Crippen LogP) is 0.906. The van der Waals surface area contributed by atoms with Gasteiger partial charge in [-0.15, -0.1) is 10.2 Å². The summed E-state index contributed by atoms with van der Waals surface area (Å²) in [5, 5.41) is 13.2. The van der Waals surface area contributed by atoms with Gasteiger partial charge in [-0.2, -0.15) is 5.21 Å². The molecule has 0 radical (unpaired) electrons. The SMILES string of the molecule is FC(F)COc1ccc(-c2nn[nH]n2)cn1. The standard InChI is InChI=1S/C8H7F2N5O/c9-6(10)4-16-7-2-1-5(3-11-7)8-12-14-15-13-8/h1-3,6H,4H2,(H,12,13,14,15). The summed E-state index contributed by atoms with van der Waals surface area (Å²) in [6.07, 6.45) is -1.09. The molecule has 0 atom stereocenters. The zero-order chi connectivity index (χ0) is 11.4. The molecule has 2 aromatic heterocycles. The van der Waals surface area contributed by atoms with Crippen LogP contribution < -0.4 is 4.74 Å². The van der Waals surface area contributed by atoms with Crippen LogP contribution in [0, 0.1) is 0 Å². The smallest absolute Gasteiger partial charge is 0.272 e. The van der Waals surface area contributed by atoms with Crippen molar-refractivity contribution in [2.24, 2.45) is 0 Å². The number of nitrogens with zero attached hydrogens (tertiary/aromatic N) is 4. The molecule has 2 rings (SSSR count). The average Bonchev–Trinajstić information content (AvgIpc) is 2.80. The minimum atomic E-state index is -2.52. The molecule has 0 saturated heterocycles. The molecule has 2 aromatic rings. The molecule has 0 aliphatic carbocycles. The summed E-state index contributed by atoms with van der Waals surface area (Å²) in [7, 11) is 0. The van der Waals surface area contributed by atoms with Gasteiger partial charge in [-0.25, -0.2) is 13.8 Å². The van der Waals surface area contributed by atoms with Crippen LogP contribution in [-0.4, -0.2) is 38.6 Å². The quantitative estimate of drug-likeness (QED) is 0.839. The fourth-order valence-electron chi connectivity index (χ4n) is 1.03. The van der Waals surface area contributed by atoms with E-state index in [0.717, 1.165) is 0 Å². The largest absolute Gasteiger partial charge is 0.472 e. The summed E-state index contributed by atoms with van der Waals surface area (Å²) < 4.78 is 28.4. The van der Waals surface area contributed by atoms with Crippen LogP contribution >= 0.6 is 0 Å². The lowest BCUT2D eigenvalue weighted by Gasteiger charge is -2.03. The number of ether oxygens (including phenoxy) is 1. The molecular formula is C8H7F2N5O. The Morgan fingerprint density at radius 1 is 1.38 bits per heavy atom. The van der Waals surface area contributed by atoms with Gasteiger partial charge < -0.3 is 4.74 Å². The lowest BCUT2D eigenvalue weighted by Crippen LogP contribution is -2.07. The molecule has 0 aliphatic heterocycles. The second kappa shape index (κ2) is 4.60. The van der Waals surface area contributed by atoms with Crippen molar-refractivity contribution < 1.29 is 13.5 Å². The molecule has 0 unspecified atom stereocenters. The van der Waals surface area contributed by atoms with Gasteiger partial charge in [-0.05, 0) is 11.3 Å². The fraction of sp³-hybridized carbons (Fsp3) is 0.250. The Labute approximate surface area is 88.7 Å². The molecule has 84 valence electrons. The molecule has 0 spiro atoms. The van der Waals surface area contributed by atoms with Crippen molar-refractivity contribution in [2.45, 2.75) is 6.43 Å². The summed E-state index contributed by atoms with van der Waals surface area (Å²) in [4.78, 5) is 3.83. The summed E-state index contributed by atoms with van der Waals surface area (Å²) in [6, 6.07) is 3.08. The van der Waals surface area contributed by atoms with Crippen LogP contribution in [0.15, 0.2) is 18.3 Å². The van der Waals surface area contributed by atoms with E-state index in [1.807, 2.05) is 0 Å². The number of H-pyrrole nitrogens is 1. The monoisotopic (exact) mass is 227 g/mol. The molecular weight excluding hydrogens is 220 g/mol. The molecule has 1 N–H and O–H groups in total. The number of halogens is 2. The molecule has 0 aliphatic rings. The molecule has 0 fully saturated rings. The lowest BCUT2D eigenvalue weighted by atomic mass is 10.3. The van der Waals surface area contributed by atoms with Crippen LogP contribution in [0.4, 0.5) is 8.78 Å². The number of nitrogens with one attached hydrogen (secondary N) is 1. The molecule has 0 aromatic carbocycles. The predicted molar refractivity (Wildman–Crippen MR) is 48.9 cm³/mol. The number of hydrogen-bond acceptors (Lipinski definition) is 5. The fourth-order valence-corrected chi connectivity index (χ4v) is 1.03. The van der Waals surface area contributed by atoms with Crippen molar-refractivity contribution in [3.8, 4) is 17.3 Å². The molecule has 2 heterocycles. The minimum absolute atomic E-state index is 0.132. The van der Waals surface area contributed by atoms with Gasteiger partial charge in [0.05, 0.1) is 0 Å². The highest BCUT2D eigenvalue weighted by Crippen LogP contribution is 2.15. The van der Waals surface area contributed by atoms with Crippen molar-refractivity contribution in [2.75, 3.05) is 6.61 Å². The van der Waals surface area contributed by atoms with Crippen LogP contribution in [0.25, 0.3) is 11.4 Å². The Morgan fingerprint density at radius 3 is 2.81 bits per heavy atom. The van der Waals surface area contributed by atoms with Gasteiger partial charge in [0, 0.05) is 17.8 Å². The highest BCUT2D eigenvalue weighted by atomic mass is 19.3. The molecule has 0 saturated carbocycles. The number of tetrazole rings is 1. The van der Waals surface area contributed by atoms with E-state index in [1.165, 1.54) is 12.3 Å².